The highest BCUT2D eigenvalue weighted by atomic mass is 31.2. The van der Waals surface area contributed by atoms with Gasteiger partial charge in [0, 0.05) is 13.0 Å². The van der Waals surface area contributed by atoms with Gasteiger partial charge >= 0.3 is 13.8 Å². The molecule has 0 aromatic heterocycles. The van der Waals surface area contributed by atoms with E-state index in [0.717, 1.165) is 109 Å². The molecule has 3 unspecified atom stereocenters. The lowest BCUT2D eigenvalue weighted by Crippen LogP contribution is -2.29. The van der Waals surface area contributed by atoms with Crippen molar-refractivity contribution in [3.8, 4) is 0 Å². The molecule has 64 heavy (non-hydrogen) atoms. The molecule has 0 rings (SSSR count). The van der Waals surface area contributed by atoms with E-state index in [-0.39, 0.29) is 13.0 Å². The van der Waals surface area contributed by atoms with E-state index in [2.05, 4.69) is 111 Å². The van der Waals surface area contributed by atoms with Gasteiger partial charge in [-0.3, -0.25) is 13.8 Å². The van der Waals surface area contributed by atoms with Crippen LogP contribution in [0.15, 0.2) is 97.2 Å². The first-order valence-electron chi connectivity index (χ1n) is 25.2. The number of carbonyl (C=O) groups excluding carboxylic acids is 1. The minimum atomic E-state index is -4.54. The predicted molar refractivity (Wildman–Crippen MR) is 269 cm³/mol. The van der Waals surface area contributed by atoms with Crippen LogP contribution in [0.2, 0.25) is 0 Å². The van der Waals surface area contributed by atoms with Gasteiger partial charge in [0.05, 0.1) is 26.4 Å². The first kappa shape index (κ1) is 61.4. The maximum absolute atomic E-state index is 12.7. The van der Waals surface area contributed by atoms with Gasteiger partial charge in [-0.2, -0.15) is 0 Å². The van der Waals surface area contributed by atoms with Crippen LogP contribution in [0.4, 0.5) is 0 Å². The molecule has 10 heteroatoms. The lowest BCUT2D eigenvalue weighted by molar-refractivity contribution is -0.154. The van der Waals surface area contributed by atoms with Crippen molar-refractivity contribution in [2.45, 2.75) is 206 Å². The third-order valence-electron chi connectivity index (χ3n) is 10.3. The number of allylic oxidation sites excluding steroid dienone is 16. The number of unbranched alkanes of at least 4 members (excludes halogenated alkanes) is 17. The molecule has 0 aromatic rings. The Morgan fingerprint density at radius 2 is 0.891 bits per heavy atom. The van der Waals surface area contributed by atoms with Crippen molar-refractivity contribution in [3.05, 3.63) is 97.2 Å². The van der Waals surface area contributed by atoms with Gasteiger partial charge in [-0.1, -0.05) is 188 Å². The van der Waals surface area contributed by atoms with E-state index in [1.807, 2.05) is 0 Å². The first-order valence-corrected chi connectivity index (χ1v) is 26.7. The molecule has 0 aromatic carbocycles. The molecule has 0 aliphatic carbocycles. The van der Waals surface area contributed by atoms with Crippen LogP contribution in [0.1, 0.15) is 194 Å². The fraction of sp³-hybridized carbons (Fsp3) is 0.685. The topological polar surface area (TPSA) is 132 Å². The molecule has 0 radical (unpaired) electrons. The van der Waals surface area contributed by atoms with E-state index in [0.29, 0.717) is 13.0 Å². The SMILES string of the molecule is CC/C=C\C/C=C\C/C=C\C/C=C\C/C=C\CCCCCCCCOCC(COP(=O)(O)OCC(O)CO)OC(=O)CCCCCCCC/C=C\C/C=C\C/C=C\CCCCCCC. The van der Waals surface area contributed by atoms with Crippen LogP contribution in [-0.4, -0.2) is 66.3 Å². The summed E-state index contributed by atoms with van der Waals surface area (Å²) in [5.74, 6) is -0.404. The highest BCUT2D eigenvalue weighted by Crippen LogP contribution is 2.43. The number of rotatable bonds is 47. The Balaban J connectivity index is 4.19. The molecule has 368 valence electrons. The first-order chi connectivity index (χ1) is 31.3. The van der Waals surface area contributed by atoms with E-state index in [9.17, 15) is 19.4 Å². The molecule has 0 saturated heterocycles. The lowest BCUT2D eigenvalue weighted by atomic mass is 10.1. The molecule has 0 aliphatic rings. The number of hydrogen-bond acceptors (Lipinski definition) is 8. The average molecular weight is 917 g/mol. The van der Waals surface area contributed by atoms with Crippen molar-refractivity contribution < 1.29 is 43.0 Å². The van der Waals surface area contributed by atoms with E-state index in [4.69, 9.17) is 23.6 Å². The Labute approximate surface area is 391 Å². The average Bonchev–Trinajstić information content (AvgIpc) is 3.29. The molecule has 0 heterocycles. The summed E-state index contributed by atoms with van der Waals surface area (Å²) in [4.78, 5) is 22.7. The van der Waals surface area contributed by atoms with Crippen molar-refractivity contribution in [2.75, 3.05) is 33.0 Å². The van der Waals surface area contributed by atoms with Gasteiger partial charge in [-0.15, -0.1) is 0 Å². The van der Waals surface area contributed by atoms with Gasteiger partial charge < -0.3 is 24.6 Å². The van der Waals surface area contributed by atoms with Gasteiger partial charge in [-0.25, -0.2) is 4.57 Å². The number of carbonyl (C=O) groups is 1. The van der Waals surface area contributed by atoms with Crippen LogP contribution in [0.5, 0.6) is 0 Å². The molecule has 0 amide bonds. The number of esters is 1. The highest BCUT2D eigenvalue weighted by Gasteiger charge is 2.26. The Morgan fingerprint density at radius 3 is 1.34 bits per heavy atom. The van der Waals surface area contributed by atoms with Crippen molar-refractivity contribution in [1.29, 1.82) is 0 Å². The smallest absolute Gasteiger partial charge is 0.457 e. The second-order valence-corrected chi connectivity index (χ2v) is 17.9. The van der Waals surface area contributed by atoms with Crippen LogP contribution < -0.4 is 0 Å². The molecule has 0 fully saturated rings. The zero-order chi connectivity index (χ0) is 46.7. The molecular weight excluding hydrogens is 824 g/mol. The van der Waals surface area contributed by atoms with Crippen LogP contribution in [0.25, 0.3) is 0 Å². The number of phosphoric acid groups is 1. The summed E-state index contributed by atoms with van der Waals surface area (Å²) in [7, 11) is -4.54. The highest BCUT2D eigenvalue weighted by molar-refractivity contribution is 7.47. The number of aliphatic hydroxyl groups excluding tert-OH is 2. The summed E-state index contributed by atoms with van der Waals surface area (Å²) >= 11 is 0. The van der Waals surface area contributed by atoms with Crippen LogP contribution in [-0.2, 0) is 27.9 Å². The van der Waals surface area contributed by atoms with Crippen LogP contribution in [0.3, 0.4) is 0 Å². The summed E-state index contributed by atoms with van der Waals surface area (Å²) in [5.41, 5.74) is 0. The third-order valence-corrected chi connectivity index (χ3v) is 11.2. The Kier molecular flexibility index (Phi) is 47.8. The quantitative estimate of drug-likeness (QED) is 0.0236. The summed E-state index contributed by atoms with van der Waals surface area (Å²) in [6.07, 6.45) is 63.6. The minimum absolute atomic E-state index is 0.0274. The van der Waals surface area contributed by atoms with Gasteiger partial charge in [0.1, 0.15) is 12.2 Å². The Bertz CT molecular complexity index is 1320. The van der Waals surface area contributed by atoms with Crippen molar-refractivity contribution in [2.24, 2.45) is 0 Å². The van der Waals surface area contributed by atoms with Gasteiger partial charge in [0.15, 0.2) is 0 Å². The Hall–Kier alpha value is -2.62. The molecule has 3 atom stereocenters. The maximum Gasteiger partial charge on any atom is 0.472 e. The summed E-state index contributed by atoms with van der Waals surface area (Å²) < 4.78 is 33.5. The van der Waals surface area contributed by atoms with Crippen molar-refractivity contribution in [1.82, 2.24) is 0 Å². The van der Waals surface area contributed by atoms with Crippen molar-refractivity contribution in [3.63, 3.8) is 0 Å². The monoisotopic (exact) mass is 917 g/mol. The van der Waals surface area contributed by atoms with E-state index in [1.165, 1.54) is 57.8 Å². The van der Waals surface area contributed by atoms with E-state index in [1.54, 1.807) is 0 Å². The summed E-state index contributed by atoms with van der Waals surface area (Å²) in [6, 6.07) is 0. The zero-order valence-electron chi connectivity index (χ0n) is 40.5. The van der Waals surface area contributed by atoms with E-state index >= 15 is 0 Å². The number of ether oxygens (including phenoxy) is 2. The minimum Gasteiger partial charge on any atom is -0.457 e. The van der Waals surface area contributed by atoms with Gasteiger partial charge in [0.2, 0.25) is 0 Å². The van der Waals surface area contributed by atoms with E-state index < -0.39 is 45.8 Å². The molecular formula is C54H93O9P. The number of phosphoric ester groups is 1. The second-order valence-electron chi connectivity index (χ2n) is 16.4. The Morgan fingerprint density at radius 1 is 0.500 bits per heavy atom. The second kappa shape index (κ2) is 49.8. The van der Waals surface area contributed by atoms with Gasteiger partial charge in [-0.05, 0) is 96.3 Å². The van der Waals surface area contributed by atoms with Crippen LogP contribution in [0, 0.1) is 0 Å². The molecule has 9 nitrogen and oxygen atoms in total. The fourth-order valence-corrected chi connectivity index (χ4v) is 7.24. The van der Waals surface area contributed by atoms with Crippen molar-refractivity contribution >= 4 is 13.8 Å². The molecule has 3 N–H and O–H groups in total. The molecule has 0 aliphatic heterocycles. The maximum atomic E-state index is 12.7. The third kappa shape index (κ3) is 48.8. The van der Waals surface area contributed by atoms with Crippen LogP contribution >= 0.6 is 7.82 Å². The largest absolute Gasteiger partial charge is 0.472 e. The summed E-state index contributed by atoms with van der Waals surface area (Å²) in [5, 5.41) is 18.4. The standard InChI is InChI=1S/C54H93O9P/c1-3-5-7-9-11-13-15-17-19-21-23-25-27-29-31-33-35-37-39-41-43-45-47-60-50-53(51-62-64(58,59)61-49-52(56)48-55)63-54(57)46-44-42-40-38-36-34-32-30-28-26-24-22-20-18-16-14-12-10-8-6-4-2/h5,7,11,13,16-19,22-25,28-31,52-53,55-56H,3-4,6,8-10,12,14-15,20-21,26-27,32-51H2,1-2H3,(H,58,59)/b7-5-,13-11-,18-16-,19-17-,24-22-,25-23-,30-28-,31-29-. The molecule has 0 saturated carbocycles. The normalized spacial score (nSPS) is 14.6. The van der Waals surface area contributed by atoms with Gasteiger partial charge in [0.25, 0.3) is 0 Å². The zero-order valence-corrected chi connectivity index (χ0v) is 41.4. The summed E-state index contributed by atoms with van der Waals surface area (Å²) in [6.45, 7) is 3.33. The predicted octanol–water partition coefficient (Wildman–Crippen LogP) is 14.8. The number of hydrogen-bond donors (Lipinski definition) is 3. The molecule has 0 spiro atoms. The number of aliphatic hydroxyl groups is 2. The molecule has 0 bridgehead atoms. The lowest BCUT2D eigenvalue weighted by Gasteiger charge is -2.20. The fourth-order valence-electron chi connectivity index (χ4n) is 6.45.